The highest BCUT2D eigenvalue weighted by Gasteiger charge is 2.19. The Kier molecular flexibility index (Phi) is 5.67. The molecule has 0 saturated heterocycles. The third kappa shape index (κ3) is 4.26. The summed E-state index contributed by atoms with van der Waals surface area (Å²) in [6.45, 7) is 4.48. The summed E-state index contributed by atoms with van der Waals surface area (Å²) < 4.78 is 11.5. The molecule has 0 spiro atoms. The van der Waals surface area contributed by atoms with Crippen LogP contribution in [0, 0.1) is 13.8 Å². The molecule has 158 valence electrons. The number of aromatic amines is 1. The summed E-state index contributed by atoms with van der Waals surface area (Å²) in [5.74, 6) is 0.371. The molecule has 0 aliphatic heterocycles. The second kappa shape index (κ2) is 8.56. The molecule has 0 atom stereocenters. The zero-order valence-corrected chi connectivity index (χ0v) is 17.9. The highest BCUT2D eigenvalue weighted by molar-refractivity contribution is 5.96. The predicted octanol–water partition coefficient (Wildman–Crippen LogP) is 5.67. The van der Waals surface area contributed by atoms with E-state index in [1.807, 2.05) is 68.4 Å². The van der Waals surface area contributed by atoms with Crippen molar-refractivity contribution < 1.29 is 19.4 Å². The number of ether oxygens (including phenoxy) is 2. The number of methoxy groups -OCH3 is 1. The van der Waals surface area contributed by atoms with Crippen molar-refractivity contribution in [2.24, 2.45) is 0 Å². The third-order valence-electron chi connectivity index (χ3n) is 5.36. The molecule has 5 nitrogen and oxygen atoms in total. The van der Waals surface area contributed by atoms with Gasteiger partial charge in [-0.25, -0.2) is 0 Å². The van der Waals surface area contributed by atoms with Crippen LogP contribution >= 0.6 is 0 Å². The van der Waals surface area contributed by atoms with Crippen molar-refractivity contribution in [2.45, 2.75) is 26.9 Å². The molecule has 0 aliphatic carbocycles. The first-order valence-corrected chi connectivity index (χ1v) is 10.1. The number of H-pyrrole nitrogens is 1. The Morgan fingerprint density at radius 3 is 2.48 bits per heavy atom. The van der Waals surface area contributed by atoms with Crippen molar-refractivity contribution >= 4 is 16.9 Å². The van der Waals surface area contributed by atoms with Gasteiger partial charge in [0, 0.05) is 16.5 Å². The maximum absolute atomic E-state index is 11.6. The van der Waals surface area contributed by atoms with Gasteiger partial charge in [0.2, 0.25) is 0 Å². The maximum atomic E-state index is 11.6. The average molecular weight is 415 g/mol. The summed E-state index contributed by atoms with van der Waals surface area (Å²) in [6, 6.07) is 19.7. The van der Waals surface area contributed by atoms with Crippen molar-refractivity contribution in [3.8, 4) is 22.8 Å². The molecule has 3 aromatic carbocycles. The van der Waals surface area contributed by atoms with Gasteiger partial charge in [-0.2, -0.15) is 0 Å². The first kappa shape index (κ1) is 20.5. The third-order valence-corrected chi connectivity index (χ3v) is 5.36. The van der Waals surface area contributed by atoms with Gasteiger partial charge in [-0.1, -0.05) is 36.4 Å². The van der Waals surface area contributed by atoms with Crippen LogP contribution in [0.25, 0.3) is 22.2 Å². The molecule has 4 aromatic rings. The fourth-order valence-electron chi connectivity index (χ4n) is 4.05. The van der Waals surface area contributed by atoms with Crippen LogP contribution < -0.4 is 9.47 Å². The number of rotatable bonds is 7. The number of aryl methyl sites for hydroxylation is 2. The van der Waals surface area contributed by atoms with Gasteiger partial charge < -0.3 is 19.6 Å². The summed E-state index contributed by atoms with van der Waals surface area (Å²) in [6.07, 6.45) is -0.0617. The van der Waals surface area contributed by atoms with Crippen LogP contribution in [0.3, 0.4) is 0 Å². The van der Waals surface area contributed by atoms with Crippen LogP contribution in [0.2, 0.25) is 0 Å². The number of aliphatic carboxylic acids is 1. The summed E-state index contributed by atoms with van der Waals surface area (Å²) >= 11 is 0. The smallest absolute Gasteiger partial charge is 0.307 e. The number of hydrogen-bond acceptors (Lipinski definition) is 3. The lowest BCUT2D eigenvalue weighted by atomic mass is 9.98. The normalized spacial score (nSPS) is 10.9. The topological polar surface area (TPSA) is 71.6 Å². The lowest BCUT2D eigenvalue weighted by Crippen LogP contribution is -2.02. The molecule has 4 rings (SSSR count). The molecule has 1 aromatic heterocycles. The fraction of sp³-hybridized carbons (Fsp3) is 0.192. The number of nitrogens with one attached hydrogen (secondary N) is 1. The van der Waals surface area contributed by atoms with E-state index in [1.165, 1.54) is 0 Å². The Labute approximate surface area is 181 Å². The Bertz CT molecular complexity index is 1240. The van der Waals surface area contributed by atoms with E-state index in [4.69, 9.17) is 9.47 Å². The van der Waals surface area contributed by atoms with Crippen molar-refractivity contribution in [3.05, 3.63) is 82.9 Å². The standard InChI is InChI=1S/C26H25NO4/c1-16-11-17(2)25-20(14-24(28)29)26(27-21(25)12-16)19-9-10-22(23(13-19)30-3)31-15-18-7-5-4-6-8-18/h4-13,27H,14-15H2,1-3H3,(H,28,29). The molecule has 0 unspecified atom stereocenters. The molecule has 2 N–H and O–H groups in total. The van der Waals surface area contributed by atoms with E-state index in [0.29, 0.717) is 18.1 Å². The van der Waals surface area contributed by atoms with Crippen LogP contribution in [0.5, 0.6) is 11.5 Å². The van der Waals surface area contributed by atoms with Crippen molar-refractivity contribution in [3.63, 3.8) is 0 Å². The minimum Gasteiger partial charge on any atom is -0.493 e. The number of aromatic nitrogens is 1. The van der Waals surface area contributed by atoms with Crippen molar-refractivity contribution in [1.29, 1.82) is 0 Å². The largest absolute Gasteiger partial charge is 0.493 e. The zero-order valence-electron chi connectivity index (χ0n) is 17.9. The van der Waals surface area contributed by atoms with Gasteiger partial charge in [0.05, 0.1) is 19.2 Å². The van der Waals surface area contributed by atoms with Gasteiger partial charge in [0.25, 0.3) is 0 Å². The maximum Gasteiger partial charge on any atom is 0.307 e. The van der Waals surface area contributed by atoms with Gasteiger partial charge in [-0.15, -0.1) is 0 Å². The van der Waals surface area contributed by atoms with Gasteiger partial charge in [0.15, 0.2) is 11.5 Å². The first-order chi connectivity index (χ1) is 15.0. The Morgan fingerprint density at radius 2 is 1.77 bits per heavy atom. The number of carboxylic acid groups (broad SMARTS) is 1. The van der Waals surface area contributed by atoms with Crippen LogP contribution in [0.4, 0.5) is 0 Å². The Balaban J connectivity index is 1.75. The van der Waals surface area contributed by atoms with Crippen molar-refractivity contribution in [2.75, 3.05) is 7.11 Å². The molecule has 0 bridgehead atoms. The summed E-state index contributed by atoms with van der Waals surface area (Å²) in [5, 5.41) is 10.5. The first-order valence-electron chi connectivity index (χ1n) is 10.1. The number of hydrogen-bond donors (Lipinski definition) is 2. The van der Waals surface area contributed by atoms with Gasteiger partial charge in [0.1, 0.15) is 6.61 Å². The molecular weight excluding hydrogens is 390 g/mol. The monoisotopic (exact) mass is 415 g/mol. The van der Waals surface area contributed by atoms with Gasteiger partial charge >= 0.3 is 5.97 Å². The van der Waals surface area contributed by atoms with Crippen LogP contribution in [-0.4, -0.2) is 23.2 Å². The minimum absolute atomic E-state index is 0.0617. The molecule has 0 amide bonds. The number of carbonyl (C=O) groups is 1. The van der Waals surface area contributed by atoms with E-state index in [1.54, 1.807) is 7.11 Å². The van der Waals surface area contributed by atoms with Crippen LogP contribution in [0.1, 0.15) is 22.3 Å². The van der Waals surface area contributed by atoms with Crippen LogP contribution in [0.15, 0.2) is 60.7 Å². The van der Waals surface area contributed by atoms with Gasteiger partial charge in [-0.05, 0) is 60.4 Å². The highest BCUT2D eigenvalue weighted by atomic mass is 16.5. The molecular formula is C26H25NO4. The second-order valence-electron chi connectivity index (χ2n) is 7.69. The van der Waals surface area contributed by atoms with E-state index in [0.717, 1.165) is 44.4 Å². The Morgan fingerprint density at radius 1 is 1.00 bits per heavy atom. The number of carboxylic acids is 1. The Hall–Kier alpha value is -3.73. The SMILES string of the molecule is COc1cc(-c2[nH]c3cc(C)cc(C)c3c2CC(=O)O)ccc1OCc1ccccc1. The molecule has 0 aliphatic rings. The molecule has 0 radical (unpaired) electrons. The lowest BCUT2D eigenvalue weighted by Gasteiger charge is -2.13. The molecule has 5 heteroatoms. The van der Waals surface area contributed by atoms with E-state index in [-0.39, 0.29) is 6.42 Å². The van der Waals surface area contributed by atoms with E-state index >= 15 is 0 Å². The quantitative estimate of drug-likeness (QED) is 0.408. The summed E-state index contributed by atoms with van der Waals surface area (Å²) in [5.41, 5.74) is 6.61. The summed E-state index contributed by atoms with van der Waals surface area (Å²) in [7, 11) is 1.60. The molecule has 1 heterocycles. The van der Waals surface area contributed by atoms with Crippen molar-refractivity contribution in [1.82, 2.24) is 4.98 Å². The molecule has 31 heavy (non-hydrogen) atoms. The molecule has 0 fully saturated rings. The minimum atomic E-state index is -0.864. The van der Waals surface area contributed by atoms with E-state index in [9.17, 15) is 9.90 Å². The second-order valence-corrected chi connectivity index (χ2v) is 7.69. The van der Waals surface area contributed by atoms with E-state index in [2.05, 4.69) is 11.1 Å². The van der Waals surface area contributed by atoms with Gasteiger partial charge in [-0.3, -0.25) is 4.79 Å². The lowest BCUT2D eigenvalue weighted by molar-refractivity contribution is -0.136. The number of benzene rings is 3. The van der Waals surface area contributed by atoms with E-state index < -0.39 is 5.97 Å². The summed E-state index contributed by atoms with van der Waals surface area (Å²) in [4.78, 5) is 15.0. The fourth-order valence-corrected chi connectivity index (χ4v) is 4.05. The molecule has 0 saturated carbocycles. The highest BCUT2D eigenvalue weighted by Crippen LogP contribution is 2.38. The average Bonchev–Trinajstić information content (AvgIpc) is 3.10. The predicted molar refractivity (Wildman–Crippen MR) is 122 cm³/mol. The number of fused-ring (bicyclic) bond motifs is 1. The van der Waals surface area contributed by atoms with Crippen LogP contribution in [-0.2, 0) is 17.8 Å². The zero-order chi connectivity index (χ0) is 22.0.